The first kappa shape index (κ1) is 25.2. The predicted molar refractivity (Wildman–Crippen MR) is 122 cm³/mol. The number of likely N-dealkylation sites (N-methyl/N-ethyl adjacent to an activating group) is 1. The van der Waals surface area contributed by atoms with Crippen molar-refractivity contribution in [1.29, 1.82) is 0 Å². The number of rotatable bonds is 10. The Morgan fingerprint density at radius 3 is 2.27 bits per heavy atom. The van der Waals surface area contributed by atoms with Gasteiger partial charge in [-0.05, 0) is 60.3 Å². The zero-order valence-corrected chi connectivity index (χ0v) is 19.8. The van der Waals surface area contributed by atoms with Gasteiger partial charge in [-0.1, -0.05) is 0 Å². The van der Waals surface area contributed by atoms with Gasteiger partial charge in [0.05, 0.1) is 12.3 Å². The van der Waals surface area contributed by atoms with Crippen molar-refractivity contribution >= 4 is 29.9 Å². The van der Waals surface area contributed by atoms with Gasteiger partial charge in [0.15, 0.2) is 5.96 Å². The van der Waals surface area contributed by atoms with Crippen LogP contribution in [0.5, 0.6) is 0 Å². The molecule has 1 unspecified atom stereocenters. The van der Waals surface area contributed by atoms with E-state index < -0.39 is 0 Å². The Bertz CT molecular complexity index is 480. The monoisotopic (exact) mass is 479 g/mol. The number of nitrogens with zero attached hydrogens (tertiary/aromatic N) is 3. The topological polar surface area (TPSA) is 56.0 Å². The molecular weight excluding hydrogens is 441 g/mol. The van der Waals surface area contributed by atoms with Crippen molar-refractivity contribution < 1.29 is 4.42 Å². The third kappa shape index (κ3) is 8.73. The van der Waals surface area contributed by atoms with E-state index in [2.05, 4.69) is 67.2 Å². The van der Waals surface area contributed by atoms with Crippen LogP contribution in [0.25, 0.3) is 0 Å². The largest absolute Gasteiger partial charge is 0.468 e. The van der Waals surface area contributed by atoms with Gasteiger partial charge >= 0.3 is 0 Å². The molecule has 1 heterocycles. The molecule has 1 aromatic heterocycles. The molecule has 0 bridgehead atoms. The fraction of sp³-hybridized carbons (Fsp3) is 0.737. The van der Waals surface area contributed by atoms with Crippen LogP contribution < -0.4 is 10.6 Å². The Hall–Kier alpha value is -0.800. The summed E-state index contributed by atoms with van der Waals surface area (Å²) in [7, 11) is 5.91. The maximum atomic E-state index is 5.55. The molecule has 1 atom stereocenters. The van der Waals surface area contributed by atoms with E-state index in [4.69, 9.17) is 4.42 Å². The van der Waals surface area contributed by atoms with Crippen LogP contribution in [0.3, 0.4) is 0 Å². The summed E-state index contributed by atoms with van der Waals surface area (Å²) in [5.74, 6) is 1.79. The fourth-order valence-electron chi connectivity index (χ4n) is 3.01. The average molecular weight is 479 g/mol. The summed E-state index contributed by atoms with van der Waals surface area (Å²) in [6.45, 7) is 11.8. The molecule has 0 amide bonds. The maximum absolute atomic E-state index is 5.55. The highest BCUT2D eigenvalue weighted by atomic mass is 127. The highest BCUT2D eigenvalue weighted by molar-refractivity contribution is 14.0. The molecule has 152 valence electrons. The van der Waals surface area contributed by atoms with E-state index in [0.717, 1.165) is 37.8 Å². The van der Waals surface area contributed by atoms with E-state index in [0.29, 0.717) is 12.1 Å². The summed E-state index contributed by atoms with van der Waals surface area (Å²) < 4.78 is 5.55. The van der Waals surface area contributed by atoms with Crippen molar-refractivity contribution in [3.63, 3.8) is 0 Å². The first-order valence-electron chi connectivity index (χ1n) is 9.26. The van der Waals surface area contributed by atoms with E-state index in [1.807, 2.05) is 12.1 Å². The normalized spacial score (nSPS) is 13.4. The third-order valence-corrected chi connectivity index (χ3v) is 4.39. The Morgan fingerprint density at radius 1 is 1.15 bits per heavy atom. The number of aliphatic imine (C=N–C) groups is 1. The molecule has 0 aliphatic carbocycles. The van der Waals surface area contributed by atoms with Gasteiger partial charge < -0.3 is 15.1 Å². The molecular formula is C19H38IN5O. The highest BCUT2D eigenvalue weighted by Crippen LogP contribution is 2.17. The van der Waals surface area contributed by atoms with Crippen molar-refractivity contribution in [2.75, 3.05) is 40.8 Å². The Balaban J connectivity index is 0.00000625. The van der Waals surface area contributed by atoms with Crippen molar-refractivity contribution in [2.45, 2.75) is 52.2 Å². The lowest BCUT2D eigenvalue weighted by atomic mass is 10.2. The van der Waals surface area contributed by atoms with Gasteiger partial charge in [-0.3, -0.25) is 14.8 Å². The van der Waals surface area contributed by atoms with Crippen molar-refractivity contribution in [1.82, 2.24) is 20.4 Å². The predicted octanol–water partition coefficient (Wildman–Crippen LogP) is 3.17. The van der Waals surface area contributed by atoms with Gasteiger partial charge in [0.1, 0.15) is 5.76 Å². The summed E-state index contributed by atoms with van der Waals surface area (Å²) in [6, 6.07) is 5.26. The molecule has 1 aromatic rings. The quantitative estimate of drug-likeness (QED) is 0.234. The second kappa shape index (κ2) is 13.4. The van der Waals surface area contributed by atoms with Gasteiger partial charge in [-0.15, -0.1) is 24.0 Å². The van der Waals surface area contributed by atoms with Crippen LogP contribution in [0.2, 0.25) is 0 Å². The van der Waals surface area contributed by atoms with E-state index in [9.17, 15) is 0 Å². The van der Waals surface area contributed by atoms with Crippen LogP contribution in [0, 0.1) is 0 Å². The number of hydrogen-bond acceptors (Lipinski definition) is 4. The molecule has 26 heavy (non-hydrogen) atoms. The number of furan rings is 1. The van der Waals surface area contributed by atoms with Crippen LogP contribution in [0.1, 0.15) is 45.9 Å². The molecule has 0 saturated heterocycles. The number of halogens is 1. The van der Waals surface area contributed by atoms with Crippen LogP contribution in [-0.4, -0.2) is 68.6 Å². The molecule has 0 aliphatic rings. The van der Waals surface area contributed by atoms with Gasteiger partial charge in [-0.25, -0.2) is 0 Å². The Labute approximate surface area is 176 Å². The number of nitrogens with one attached hydrogen (secondary N) is 2. The molecule has 0 spiro atoms. The lowest BCUT2D eigenvalue weighted by Crippen LogP contribution is -2.43. The summed E-state index contributed by atoms with van der Waals surface area (Å²) in [6.07, 6.45) is 2.81. The zero-order valence-electron chi connectivity index (χ0n) is 17.5. The molecule has 7 heteroatoms. The molecule has 6 nitrogen and oxygen atoms in total. The average Bonchev–Trinajstić information content (AvgIpc) is 3.05. The van der Waals surface area contributed by atoms with Gasteiger partial charge in [0, 0.05) is 38.8 Å². The highest BCUT2D eigenvalue weighted by Gasteiger charge is 2.17. The molecule has 0 aromatic carbocycles. The summed E-state index contributed by atoms with van der Waals surface area (Å²) in [5.41, 5.74) is 0. The Kier molecular flexibility index (Phi) is 13.0. The van der Waals surface area contributed by atoms with Crippen LogP contribution >= 0.6 is 24.0 Å². The van der Waals surface area contributed by atoms with Gasteiger partial charge in [-0.2, -0.15) is 0 Å². The van der Waals surface area contributed by atoms with Crippen LogP contribution in [0.4, 0.5) is 0 Å². The first-order chi connectivity index (χ1) is 11.9. The first-order valence-corrected chi connectivity index (χ1v) is 9.26. The number of hydrogen-bond donors (Lipinski definition) is 2. The number of guanidine groups is 1. The lowest BCUT2D eigenvalue weighted by molar-refractivity contribution is 0.173. The Morgan fingerprint density at radius 2 is 1.81 bits per heavy atom. The van der Waals surface area contributed by atoms with E-state index in [1.54, 1.807) is 13.3 Å². The minimum absolute atomic E-state index is 0. The second-order valence-corrected chi connectivity index (χ2v) is 7.15. The third-order valence-electron chi connectivity index (χ3n) is 4.39. The van der Waals surface area contributed by atoms with Crippen molar-refractivity contribution in [3.8, 4) is 0 Å². The summed E-state index contributed by atoms with van der Waals surface area (Å²) >= 11 is 0. The van der Waals surface area contributed by atoms with Gasteiger partial charge in [0.2, 0.25) is 0 Å². The smallest absolute Gasteiger partial charge is 0.191 e. The van der Waals surface area contributed by atoms with E-state index >= 15 is 0 Å². The standard InChI is InChI=1S/C19H37N5O.HI/c1-15(2)24(16(3)4)12-9-11-21-19(20-5)22-14-17(23(6)7)18-10-8-13-25-18;/h8,10,13,15-17H,9,11-12,14H2,1-7H3,(H2,20,21,22);1H. The van der Waals surface area contributed by atoms with Crippen molar-refractivity contribution in [2.24, 2.45) is 4.99 Å². The van der Waals surface area contributed by atoms with Crippen LogP contribution in [-0.2, 0) is 0 Å². The summed E-state index contributed by atoms with van der Waals surface area (Å²) in [5, 5.41) is 6.80. The van der Waals surface area contributed by atoms with E-state index in [1.165, 1.54) is 0 Å². The van der Waals surface area contributed by atoms with E-state index in [-0.39, 0.29) is 30.0 Å². The lowest BCUT2D eigenvalue weighted by Gasteiger charge is -2.30. The minimum atomic E-state index is 0. The van der Waals surface area contributed by atoms with Crippen LogP contribution in [0.15, 0.2) is 27.8 Å². The molecule has 0 fully saturated rings. The summed E-state index contributed by atoms with van der Waals surface area (Å²) in [4.78, 5) is 8.97. The SMILES string of the molecule is CN=C(NCCCN(C(C)C)C(C)C)NCC(c1ccco1)N(C)C.I. The zero-order chi connectivity index (χ0) is 18.8. The molecule has 2 N–H and O–H groups in total. The molecule has 0 saturated carbocycles. The molecule has 1 rings (SSSR count). The fourth-order valence-corrected chi connectivity index (χ4v) is 3.01. The minimum Gasteiger partial charge on any atom is -0.468 e. The van der Waals surface area contributed by atoms with Crippen molar-refractivity contribution in [3.05, 3.63) is 24.2 Å². The molecule has 0 aliphatic heterocycles. The maximum Gasteiger partial charge on any atom is 0.191 e. The van der Waals surface area contributed by atoms with Gasteiger partial charge in [0.25, 0.3) is 0 Å². The second-order valence-electron chi connectivity index (χ2n) is 7.15. The molecule has 0 radical (unpaired) electrons.